The van der Waals surface area contributed by atoms with Crippen molar-refractivity contribution in [1.29, 1.82) is 0 Å². The zero-order chi connectivity index (χ0) is 27.6. The van der Waals surface area contributed by atoms with Crippen LogP contribution in [-0.2, 0) is 27.8 Å². The second kappa shape index (κ2) is 8.59. The largest absolute Gasteiger partial charge is 0.427 e. The number of nitrogens with zero attached hydrogens (tertiary/aromatic N) is 1. The summed E-state index contributed by atoms with van der Waals surface area (Å²) >= 11 is 0. The fraction of sp³-hybridized carbons (Fsp3) is 0.444. The van der Waals surface area contributed by atoms with Crippen LogP contribution in [0.15, 0.2) is 59.9 Å². The first-order valence-corrected chi connectivity index (χ1v) is 11.6. The number of ether oxygens (including phenoxy) is 1. The standard InChI is InChI=1S/C27H26F6NO3/c1-23(2)14-21(20-13-24(3,4)34(36)25(20,15-23)17-8-6-5-7-9-17)37-22(35)16-10-18(26(28,29)30)12-19(11-16)27(31,32)33/h5-12H,13-15H2,1-4H3/t25-/m0/s1. The van der Waals surface area contributed by atoms with E-state index in [-0.39, 0.29) is 24.7 Å². The fourth-order valence-electron chi connectivity index (χ4n) is 5.54. The molecule has 1 aliphatic heterocycles. The minimum Gasteiger partial charge on any atom is -0.427 e. The van der Waals surface area contributed by atoms with Crippen molar-refractivity contribution < 1.29 is 41.1 Å². The number of halogens is 6. The second-order valence-corrected chi connectivity index (χ2v) is 11.1. The van der Waals surface area contributed by atoms with Gasteiger partial charge in [-0.2, -0.15) is 26.3 Å². The minimum atomic E-state index is -5.11. The molecule has 1 fully saturated rings. The Morgan fingerprint density at radius 1 is 0.865 bits per heavy atom. The molecule has 4 rings (SSSR count). The smallest absolute Gasteiger partial charge is 0.416 e. The Balaban J connectivity index is 1.85. The van der Waals surface area contributed by atoms with Crippen LogP contribution < -0.4 is 0 Å². The lowest BCUT2D eigenvalue weighted by Gasteiger charge is -2.46. The molecule has 1 radical (unpaired) electrons. The lowest BCUT2D eigenvalue weighted by Crippen LogP contribution is -2.50. The summed E-state index contributed by atoms with van der Waals surface area (Å²) in [4.78, 5) is 13.1. The summed E-state index contributed by atoms with van der Waals surface area (Å²) in [6, 6.07) is 9.56. The second-order valence-electron chi connectivity index (χ2n) is 11.1. The molecule has 2 aromatic rings. The van der Waals surface area contributed by atoms with Crippen molar-refractivity contribution >= 4 is 5.97 Å². The molecule has 4 nitrogen and oxygen atoms in total. The van der Waals surface area contributed by atoms with E-state index < -0.39 is 51.5 Å². The summed E-state index contributed by atoms with van der Waals surface area (Å²) < 4.78 is 85.6. The van der Waals surface area contributed by atoms with E-state index in [0.29, 0.717) is 29.7 Å². The highest BCUT2D eigenvalue weighted by atomic mass is 19.4. The van der Waals surface area contributed by atoms with Crippen LogP contribution in [0.2, 0.25) is 0 Å². The number of benzene rings is 2. The van der Waals surface area contributed by atoms with Crippen LogP contribution >= 0.6 is 0 Å². The highest BCUT2D eigenvalue weighted by molar-refractivity contribution is 5.90. The molecule has 1 aliphatic carbocycles. The maximum atomic E-state index is 13.8. The maximum Gasteiger partial charge on any atom is 0.416 e. The van der Waals surface area contributed by atoms with Crippen LogP contribution in [-0.4, -0.2) is 16.6 Å². The Labute approximate surface area is 210 Å². The van der Waals surface area contributed by atoms with Crippen molar-refractivity contribution in [2.45, 2.75) is 70.4 Å². The van der Waals surface area contributed by atoms with Crippen LogP contribution in [0.25, 0.3) is 0 Å². The number of allylic oxidation sites excluding steroid dienone is 1. The van der Waals surface area contributed by atoms with E-state index in [9.17, 15) is 36.3 Å². The first-order valence-electron chi connectivity index (χ1n) is 11.6. The highest BCUT2D eigenvalue weighted by Crippen LogP contribution is 2.60. The van der Waals surface area contributed by atoms with E-state index >= 15 is 0 Å². The molecule has 0 spiro atoms. The quantitative estimate of drug-likeness (QED) is 0.305. The number of fused-ring (bicyclic) bond motifs is 1. The topological polar surface area (TPSA) is 49.4 Å². The molecule has 2 aliphatic rings. The molecular weight excluding hydrogens is 500 g/mol. The lowest BCUT2D eigenvalue weighted by molar-refractivity contribution is -0.260. The Morgan fingerprint density at radius 3 is 1.92 bits per heavy atom. The van der Waals surface area contributed by atoms with E-state index in [1.165, 1.54) is 0 Å². The third-order valence-electron chi connectivity index (χ3n) is 7.01. The fourth-order valence-corrected chi connectivity index (χ4v) is 5.54. The number of carbonyl (C=O) groups excluding carboxylic acids is 1. The Bertz CT molecular complexity index is 1210. The SMILES string of the molecule is CC1(C)CC(OC(=O)c2cc(C(F)(F)F)cc(C(F)(F)F)c2)=C2CC(C)(C)N([O])[C@]2(c2ccccc2)C1. The van der Waals surface area contributed by atoms with Crippen LogP contribution in [0.5, 0.6) is 0 Å². The van der Waals surface area contributed by atoms with Crippen molar-refractivity contribution in [3.63, 3.8) is 0 Å². The van der Waals surface area contributed by atoms with Gasteiger partial charge in [-0.25, -0.2) is 4.79 Å². The molecule has 0 N–H and O–H groups in total. The van der Waals surface area contributed by atoms with Crippen LogP contribution in [0, 0.1) is 5.41 Å². The summed E-state index contributed by atoms with van der Waals surface area (Å²) in [6.07, 6.45) is -9.44. The van der Waals surface area contributed by atoms with Gasteiger partial charge in [-0.05, 0) is 61.4 Å². The van der Waals surface area contributed by atoms with Crippen molar-refractivity contribution in [1.82, 2.24) is 5.06 Å². The molecule has 0 unspecified atom stereocenters. The number of carbonyl (C=O) groups is 1. The number of rotatable bonds is 3. The maximum absolute atomic E-state index is 13.8. The van der Waals surface area contributed by atoms with Crippen LogP contribution in [0.3, 0.4) is 0 Å². The molecule has 1 saturated heterocycles. The van der Waals surface area contributed by atoms with E-state index in [2.05, 4.69) is 0 Å². The molecule has 199 valence electrons. The van der Waals surface area contributed by atoms with Gasteiger partial charge in [0.25, 0.3) is 0 Å². The monoisotopic (exact) mass is 526 g/mol. The Hall–Kier alpha value is -2.85. The van der Waals surface area contributed by atoms with E-state index in [1.807, 2.05) is 13.8 Å². The number of alkyl halides is 6. The summed E-state index contributed by atoms with van der Waals surface area (Å²) in [6.45, 7) is 7.22. The number of esters is 1. The van der Waals surface area contributed by atoms with Crippen LogP contribution in [0.1, 0.15) is 74.0 Å². The van der Waals surface area contributed by atoms with Gasteiger partial charge in [0.15, 0.2) is 0 Å². The third-order valence-corrected chi connectivity index (χ3v) is 7.01. The summed E-state index contributed by atoms with van der Waals surface area (Å²) in [7, 11) is 0. The van der Waals surface area contributed by atoms with Gasteiger partial charge in [0.2, 0.25) is 0 Å². The van der Waals surface area contributed by atoms with Crippen molar-refractivity contribution in [2.24, 2.45) is 5.41 Å². The number of hydrogen-bond acceptors (Lipinski definition) is 3. The molecule has 2 aromatic carbocycles. The van der Waals surface area contributed by atoms with Gasteiger partial charge in [-0.3, -0.25) is 0 Å². The van der Waals surface area contributed by atoms with Crippen molar-refractivity contribution in [3.05, 3.63) is 82.1 Å². The number of hydroxylamine groups is 2. The Morgan fingerprint density at radius 2 is 1.41 bits per heavy atom. The molecule has 1 heterocycles. The van der Waals surface area contributed by atoms with E-state index in [0.717, 1.165) is 5.06 Å². The molecular formula is C27H26F6NO3. The van der Waals surface area contributed by atoms with Gasteiger partial charge in [0, 0.05) is 12.0 Å². The van der Waals surface area contributed by atoms with Crippen molar-refractivity contribution in [2.75, 3.05) is 0 Å². The van der Waals surface area contributed by atoms with E-state index in [1.54, 1.807) is 44.2 Å². The predicted molar refractivity (Wildman–Crippen MR) is 121 cm³/mol. The zero-order valence-corrected chi connectivity index (χ0v) is 20.7. The molecule has 0 bridgehead atoms. The van der Waals surface area contributed by atoms with Gasteiger partial charge >= 0.3 is 18.3 Å². The van der Waals surface area contributed by atoms with Gasteiger partial charge < -0.3 is 4.74 Å². The predicted octanol–water partition coefficient (Wildman–Crippen LogP) is 7.68. The van der Waals surface area contributed by atoms with Gasteiger partial charge in [0.1, 0.15) is 5.76 Å². The zero-order valence-electron chi connectivity index (χ0n) is 20.7. The number of hydrogen-bond donors (Lipinski definition) is 0. The lowest BCUT2D eigenvalue weighted by atomic mass is 9.65. The minimum absolute atomic E-state index is 0.0440. The van der Waals surface area contributed by atoms with Gasteiger partial charge in [0.05, 0.1) is 22.2 Å². The van der Waals surface area contributed by atoms with Gasteiger partial charge in [-0.1, -0.05) is 44.2 Å². The summed E-state index contributed by atoms with van der Waals surface area (Å²) in [5, 5.41) is 14.8. The Kier molecular flexibility index (Phi) is 6.31. The average molecular weight is 526 g/mol. The van der Waals surface area contributed by atoms with Gasteiger partial charge in [-0.15, -0.1) is 10.3 Å². The van der Waals surface area contributed by atoms with Crippen LogP contribution in [0.4, 0.5) is 26.3 Å². The van der Waals surface area contributed by atoms with Crippen molar-refractivity contribution in [3.8, 4) is 0 Å². The first-order chi connectivity index (χ1) is 16.9. The normalized spacial score (nSPS) is 23.6. The molecule has 10 heteroatoms. The summed E-state index contributed by atoms with van der Waals surface area (Å²) in [5.41, 5.74) is -5.59. The highest BCUT2D eigenvalue weighted by Gasteiger charge is 2.61. The molecule has 37 heavy (non-hydrogen) atoms. The average Bonchev–Trinajstić information content (AvgIpc) is 2.99. The first kappa shape index (κ1) is 27.2. The third kappa shape index (κ3) is 4.88. The van der Waals surface area contributed by atoms with E-state index in [4.69, 9.17) is 4.74 Å². The molecule has 1 atom stereocenters. The molecule has 0 aromatic heterocycles. The summed E-state index contributed by atoms with van der Waals surface area (Å²) in [5.74, 6) is -1.25. The molecule has 0 amide bonds. The molecule has 0 saturated carbocycles.